The summed E-state index contributed by atoms with van der Waals surface area (Å²) in [6.45, 7) is 0. The van der Waals surface area contributed by atoms with Gasteiger partial charge >= 0.3 is 0 Å². The van der Waals surface area contributed by atoms with Crippen molar-refractivity contribution < 1.29 is 0 Å². The molecule has 0 spiro atoms. The molecule has 0 radical (unpaired) electrons. The Bertz CT molecular complexity index is 435. The van der Waals surface area contributed by atoms with E-state index in [0.29, 0.717) is 0 Å². The summed E-state index contributed by atoms with van der Waals surface area (Å²) in [4.78, 5) is 4.54. The van der Waals surface area contributed by atoms with Crippen LogP contribution in [0.5, 0.6) is 0 Å². The van der Waals surface area contributed by atoms with Gasteiger partial charge in [0.25, 0.3) is 0 Å². The molecule has 1 fully saturated rings. The van der Waals surface area contributed by atoms with Crippen LogP contribution in [0.1, 0.15) is 25.0 Å². The topological polar surface area (TPSA) is 43.3 Å². The first-order valence-corrected chi connectivity index (χ1v) is 5.01. The lowest BCUT2D eigenvalue weighted by Crippen LogP contribution is -2.43. The van der Waals surface area contributed by atoms with Crippen molar-refractivity contribution in [1.82, 2.24) is 9.38 Å². The van der Waals surface area contributed by atoms with Gasteiger partial charge in [0.1, 0.15) is 5.65 Å². The van der Waals surface area contributed by atoms with Gasteiger partial charge in [-0.3, -0.25) is 0 Å². The number of hydrogen-bond acceptors (Lipinski definition) is 2. The third-order valence-corrected chi connectivity index (χ3v) is 3.12. The molecule has 0 aliphatic heterocycles. The largest absolute Gasteiger partial charge is 0.320 e. The Labute approximate surface area is 82.6 Å². The van der Waals surface area contributed by atoms with Crippen LogP contribution in [0.15, 0.2) is 30.6 Å². The summed E-state index contributed by atoms with van der Waals surface area (Å²) in [5.74, 6) is 0. The minimum atomic E-state index is -0.147. The molecule has 0 unspecified atom stereocenters. The fourth-order valence-electron chi connectivity index (χ4n) is 1.99. The number of hydrogen-bond donors (Lipinski definition) is 1. The monoisotopic (exact) mass is 187 g/mol. The van der Waals surface area contributed by atoms with Gasteiger partial charge in [-0.2, -0.15) is 0 Å². The number of nitrogens with zero attached hydrogens (tertiary/aromatic N) is 2. The minimum Gasteiger partial charge on any atom is -0.320 e. The summed E-state index contributed by atoms with van der Waals surface area (Å²) in [5, 5.41) is 0. The van der Waals surface area contributed by atoms with E-state index >= 15 is 0 Å². The molecule has 3 nitrogen and oxygen atoms in total. The van der Waals surface area contributed by atoms with Crippen LogP contribution in [0.2, 0.25) is 0 Å². The zero-order valence-corrected chi connectivity index (χ0v) is 7.98. The molecule has 0 atom stereocenters. The molecule has 0 saturated heterocycles. The summed E-state index contributed by atoms with van der Waals surface area (Å²) in [5.41, 5.74) is 8.09. The molecule has 2 N–H and O–H groups in total. The molecular weight excluding hydrogens is 174 g/mol. The van der Waals surface area contributed by atoms with Crippen molar-refractivity contribution >= 4 is 5.65 Å². The number of imidazole rings is 1. The van der Waals surface area contributed by atoms with E-state index in [-0.39, 0.29) is 5.54 Å². The third kappa shape index (κ3) is 0.990. The molecule has 1 aliphatic carbocycles. The van der Waals surface area contributed by atoms with Crippen molar-refractivity contribution in [3.05, 3.63) is 36.3 Å². The molecular formula is C11H13N3. The van der Waals surface area contributed by atoms with Gasteiger partial charge in [0.2, 0.25) is 0 Å². The Morgan fingerprint density at radius 2 is 2.21 bits per heavy atom. The second-order valence-corrected chi connectivity index (χ2v) is 4.10. The molecule has 2 aromatic heterocycles. The van der Waals surface area contributed by atoms with Crippen molar-refractivity contribution in [3.63, 3.8) is 0 Å². The highest BCUT2D eigenvalue weighted by Crippen LogP contribution is 2.37. The van der Waals surface area contributed by atoms with Gasteiger partial charge in [-0.15, -0.1) is 0 Å². The van der Waals surface area contributed by atoms with Crippen molar-refractivity contribution in [2.45, 2.75) is 24.8 Å². The smallest absolute Gasteiger partial charge is 0.137 e. The third-order valence-electron chi connectivity index (χ3n) is 3.12. The van der Waals surface area contributed by atoms with E-state index < -0.39 is 0 Å². The highest BCUT2D eigenvalue weighted by molar-refractivity contribution is 5.41. The maximum atomic E-state index is 6.21. The first-order valence-electron chi connectivity index (χ1n) is 5.01. The maximum absolute atomic E-state index is 6.21. The second-order valence-electron chi connectivity index (χ2n) is 4.10. The Balaban J connectivity index is 2.14. The standard InChI is InChI=1S/C11H13N3/c12-11(5-3-6-11)9-8-14-7-2-1-4-10(14)13-9/h1-2,4,7-8H,3,5-6,12H2. The van der Waals surface area contributed by atoms with E-state index in [1.54, 1.807) is 0 Å². The van der Waals surface area contributed by atoms with Crippen molar-refractivity contribution in [2.24, 2.45) is 5.73 Å². The molecule has 0 bridgehead atoms. The molecule has 2 heterocycles. The molecule has 0 aromatic carbocycles. The van der Waals surface area contributed by atoms with Crippen LogP contribution in [-0.4, -0.2) is 9.38 Å². The fourth-order valence-corrected chi connectivity index (χ4v) is 1.99. The SMILES string of the molecule is NC1(c2cn3ccccc3n2)CCC1. The fraction of sp³-hybridized carbons (Fsp3) is 0.364. The van der Waals surface area contributed by atoms with Gasteiger partial charge in [0.05, 0.1) is 11.2 Å². The number of fused-ring (bicyclic) bond motifs is 1. The van der Waals surface area contributed by atoms with Gasteiger partial charge in [0.15, 0.2) is 0 Å². The molecule has 72 valence electrons. The van der Waals surface area contributed by atoms with Gasteiger partial charge in [-0.1, -0.05) is 6.07 Å². The van der Waals surface area contributed by atoms with E-state index in [1.165, 1.54) is 6.42 Å². The molecule has 3 heteroatoms. The second kappa shape index (κ2) is 2.58. The van der Waals surface area contributed by atoms with E-state index in [0.717, 1.165) is 24.2 Å². The predicted molar refractivity (Wildman–Crippen MR) is 54.9 cm³/mol. The summed E-state index contributed by atoms with van der Waals surface area (Å²) in [6.07, 6.45) is 7.42. The zero-order valence-electron chi connectivity index (χ0n) is 7.98. The molecule has 1 aliphatic rings. The predicted octanol–water partition coefficient (Wildman–Crippen LogP) is 1.67. The van der Waals surface area contributed by atoms with Crippen LogP contribution in [0, 0.1) is 0 Å². The Morgan fingerprint density at radius 3 is 2.86 bits per heavy atom. The Morgan fingerprint density at radius 1 is 1.36 bits per heavy atom. The van der Waals surface area contributed by atoms with Crippen molar-refractivity contribution in [1.29, 1.82) is 0 Å². The minimum absolute atomic E-state index is 0.147. The summed E-state index contributed by atoms with van der Waals surface area (Å²) < 4.78 is 2.03. The van der Waals surface area contributed by atoms with Crippen molar-refractivity contribution in [2.75, 3.05) is 0 Å². The first kappa shape index (κ1) is 8.00. The van der Waals surface area contributed by atoms with Gasteiger partial charge in [0, 0.05) is 12.4 Å². The maximum Gasteiger partial charge on any atom is 0.137 e. The Hall–Kier alpha value is -1.35. The Kier molecular flexibility index (Phi) is 1.47. The van der Waals surface area contributed by atoms with Crippen LogP contribution in [0.3, 0.4) is 0 Å². The van der Waals surface area contributed by atoms with Gasteiger partial charge in [-0.05, 0) is 31.4 Å². The highest BCUT2D eigenvalue weighted by Gasteiger charge is 2.36. The number of pyridine rings is 1. The lowest BCUT2D eigenvalue weighted by atomic mass is 9.76. The molecule has 14 heavy (non-hydrogen) atoms. The van der Waals surface area contributed by atoms with Crippen molar-refractivity contribution in [3.8, 4) is 0 Å². The van der Waals surface area contributed by atoms with E-state index in [9.17, 15) is 0 Å². The zero-order chi connectivity index (χ0) is 9.60. The summed E-state index contributed by atoms with van der Waals surface area (Å²) >= 11 is 0. The highest BCUT2D eigenvalue weighted by atomic mass is 15.0. The molecule has 2 aromatic rings. The van der Waals surface area contributed by atoms with Gasteiger partial charge < -0.3 is 10.1 Å². The molecule has 3 rings (SSSR count). The average molecular weight is 187 g/mol. The summed E-state index contributed by atoms with van der Waals surface area (Å²) in [6, 6.07) is 6.00. The lowest BCUT2D eigenvalue weighted by molar-refractivity contribution is 0.247. The average Bonchev–Trinajstić information content (AvgIpc) is 2.57. The first-order chi connectivity index (χ1) is 6.78. The number of rotatable bonds is 1. The van der Waals surface area contributed by atoms with Crippen LogP contribution in [0.4, 0.5) is 0 Å². The quantitative estimate of drug-likeness (QED) is 0.738. The number of aromatic nitrogens is 2. The van der Waals surface area contributed by atoms with Crippen LogP contribution < -0.4 is 5.73 Å². The van der Waals surface area contributed by atoms with Crippen LogP contribution in [-0.2, 0) is 5.54 Å². The van der Waals surface area contributed by atoms with E-state index in [4.69, 9.17) is 5.73 Å². The van der Waals surface area contributed by atoms with E-state index in [1.807, 2.05) is 28.8 Å². The van der Waals surface area contributed by atoms with Crippen LogP contribution in [0.25, 0.3) is 5.65 Å². The summed E-state index contributed by atoms with van der Waals surface area (Å²) in [7, 11) is 0. The van der Waals surface area contributed by atoms with Gasteiger partial charge in [-0.25, -0.2) is 4.98 Å². The molecule has 1 saturated carbocycles. The van der Waals surface area contributed by atoms with Crippen LogP contribution >= 0.6 is 0 Å². The normalized spacial score (nSPS) is 19.5. The van der Waals surface area contributed by atoms with E-state index in [2.05, 4.69) is 11.2 Å². The lowest BCUT2D eigenvalue weighted by Gasteiger charge is -2.36. The number of nitrogens with two attached hydrogens (primary N) is 1. The molecule has 0 amide bonds.